The molecule has 6 nitrogen and oxygen atoms in total. The molecule has 0 saturated carbocycles. The van der Waals surface area contributed by atoms with Crippen LogP contribution in [-0.2, 0) is 38.7 Å². The monoisotopic (exact) mass is 364 g/mol. The average molecular weight is 364 g/mol. The number of esters is 1. The molecule has 25 heavy (non-hydrogen) atoms. The van der Waals surface area contributed by atoms with Crippen LogP contribution in [-0.4, -0.2) is 52.1 Å². The minimum atomic E-state index is -4.18. The van der Waals surface area contributed by atoms with Crippen molar-refractivity contribution in [2.45, 2.75) is 39.3 Å². The van der Waals surface area contributed by atoms with Gasteiger partial charge in [-0.05, 0) is 36.5 Å². The van der Waals surface area contributed by atoms with Crippen LogP contribution in [0.2, 0.25) is 0 Å². The summed E-state index contributed by atoms with van der Waals surface area (Å²) in [5.74, 6) is -1.64. The van der Waals surface area contributed by atoms with Gasteiger partial charge >= 0.3 is 5.97 Å². The van der Waals surface area contributed by atoms with E-state index in [4.69, 9.17) is 25.0 Å². The highest BCUT2D eigenvalue weighted by atomic mass is 32.2. The van der Waals surface area contributed by atoms with Gasteiger partial charge in [0.2, 0.25) is 0 Å². The summed E-state index contributed by atoms with van der Waals surface area (Å²) in [7, 11) is 7.22. The first-order valence-corrected chi connectivity index (χ1v) is 9.60. The van der Waals surface area contributed by atoms with Crippen LogP contribution in [0, 0.1) is 12.8 Å². The first-order chi connectivity index (χ1) is 11.6. The standard InChI is InChI=1S/C16H22B2O6S/c1-3-11(16(20)24-4-5-25(21,22)23)7-14-10(2)15(19)13(9-18)6-12(14)8-17/h6,11,19H,3-5,7-9H2,1-2H3,(H,21,22,23). The highest BCUT2D eigenvalue weighted by Gasteiger charge is 2.23. The van der Waals surface area contributed by atoms with Gasteiger partial charge in [-0.15, -0.1) is 0 Å². The second-order valence-corrected chi connectivity index (χ2v) is 7.39. The van der Waals surface area contributed by atoms with Crippen molar-refractivity contribution in [1.82, 2.24) is 0 Å². The fourth-order valence-electron chi connectivity index (χ4n) is 2.62. The van der Waals surface area contributed by atoms with Crippen molar-refractivity contribution < 1.29 is 27.6 Å². The normalized spacial score (nSPS) is 12.8. The molecule has 0 amide bonds. The molecule has 4 radical (unpaired) electrons. The van der Waals surface area contributed by atoms with E-state index in [0.717, 1.165) is 11.1 Å². The van der Waals surface area contributed by atoms with Crippen LogP contribution in [0.4, 0.5) is 0 Å². The summed E-state index contributed by atoms with van der Waals surface area (Å²) in [6.45, 7) is 3.13. The Labute approximate surface area is 151 Å². The quantitative estimate of drug-likeness (QED) is 0.386. The Morgan fingerprint density at radius 3 is 2.36 bits per heavy atom. The van der Waals surface area contributed by atoms with Crippen molar-refractivity contribution in [2.75, 3.05) is 12.4 Å². The van der Waals surface area contributed by atoms with Crippen molar-refractivity contribution >= 4 is 31.8 Å². The van der Waals surface area contributed by atoms with Gasteiger partial charge in [-0.2, -0.15) is 8.42 Å². The molecule has 1 aromatic carbocycles. The van der Waals surface area contributed by atoms with Gasteiger partial charge < -0.3 is 9.84 Å². The number of carbonyl (C=O) groups excluding carboxylic acids is 1. The minimum Gasteiger partial charge on any atom is -0.507 e. The molecule has 9 heteroatoms. The lowest BCUT2D eigenvalue weighted by atomic mass is 9.82. The molecule has 0 aliphatic rings. The summed E-state index contributed by atoms with van der Waals surface area (Å²) in [5, 5.41) is 10.2. The van der Waals surface area contributed by atoms with Crippen molar-refractivity contribution in [2.24, 2.45) is 5.92 Å². The van der Waals surface area contributed by atoms with E-state index in [0.29, 0.717) is 24.0 Å². The van der Waals surface area contributed by atoms with Gasteiger partial charge in [0, 0.05) is 0 Å². The predicted octanol–water partition coefficient (Wildman–Crippen LogP) is 1.04. The third-order valence-corrected chi connectivity index (χ3v) is 4.83. The van der Waals surface area contributed by atoms with E-state index in [1.807, 2.05) is 0 Å². The number of rotatable bonds is 9. The van der Waals surface area contributed by atoms with E-state index < -0.39 is 34.4 Å². The molecule has 0 bridgehead atoms. The molecule has 0 spiro atoms. The molecular formula is C16H22B2O6S. The molecule has 0 fully saturated rings. The molecule has 0 heterocycles. The number of aromatic hydroxyl groups is 1. The molecule has 0 aliphatic heterocycles. The number of phenols is 1. The van der Waals surface area contributed by atoms with Gasteiger partial charge in [0.15, 0.2) is 0 Å². The number of carbonyl (C=O) groups is 1. The number of ether oxygens (including phenoxy) is 1. The van der Waals surface area contributed by atoms with E-state index in [1.165, 1.54) is 0 Å². The summed E-state index contributed by atoms with van der Waals surface area (Å²) in [5.41, 5.74) is 2.76. The molecule has 0 aliphatic carbocycles. The predicted molar refractivity (Wildman–Crippen MR) is 96.6 cm³/mol. The van der Waals surface area contributed by atoms with Crippen LogP contribution in [0.15, 0.2) is 6.07 Å². The van der Waals surface area contributed by atoms with Crippen molar-refractivity contribution in [3.8, 4) is 5.75 Å². The molecular weight excluding hydrogens is 342 g/mol. The summed E-state index contributed by atoms with van der Waals surface area (Å²) in [6.07, 6.45) is 1.18. The van der Waals surface area contributed by atoms with Crippen molar-refractivity contribution in [3.63, 3.8) is 0 Å². The summed E-state index contributed by atoms with van der Waals surface area (Å²) in [6, 6.07) is 1.73. The van der Waals surface area contributed by atoms with Gasteiger partial charge in [0.1, 0.15) is 18.1 Å². The molecule has 1 aromatic rings. The first-order valence-electron chi connectivity index (χ1n) is 7.99. The Morgan fingerprint density at radius 2 is 1.88 bits per heavy atom. The van der Waals surface area contributed by atoms with Crippen LogP contribution in [0.5, 0.6) is 5.75 Å². The second kappa shape index (κ2) is 9.29. The van der Waals surface area contributed by atoms with Gasteiger partial charge in [-0.25, -0.2) is 0 Å². The Bertz CT molecular complexity index is 718. The van der Waals surface area contributed by atoms with Crippen LogP contribution >= 0.6 is 0 Å². The highest BCUT2D eigenvalue weighted by molar-refractivity contribution is 7.85. The Morgan fingerprint density at radius 1 is 1.28 bits per heavy atom. The Balaban J connectivity index is 2.97. The molecule has 2 N–H and O–H groups in total. The highest BCUT2D eigenvalue weighted by Crippen LogP contribution is 2.31. The summed E-state index contributed by atoms with van der Waals surface area (Å²) < 4.78 is 35.0. The smallest absolute Gasteiger partial charge is 0.309 e. The van der Waals surface area contributed by atoms with E-state index in [2.05, 4.69) is 0 Å². The Hall–Kier alpha value is -1.47. The zero-order valence-corrected chi connectivity index (χ0v) is 15.3. The third-order valence-electron chi connectivity index (χ3n) is 4.15. The fraction of sp³-hybridized carbons (Fsp3) is 0.562. The molecule has 1 rings (SSSR count). The van der Waals surface area contributed by atoms with E-state index in [-0.39, 0.29) is 18.4 Å². The van der Waals surface area contributed by atoms with Gasteiger partial charge in [-0.1, -0.05) is 31.2 Å². The number of phenolic OH excluding ortho intramolecular Hbond substituents is 1. The topological polar surface area (TPSA) is 101 Å². The maximum Gasteiger partial charge on any atom is 0.309 e. The SMILES string of the molecule is [B]Cc1cc(C[B])c(CC(CC)C(=O)OCCS(=O)(=O)O)c(C)c1O. The van der Waals surface area contributed by atoms with Gasteiger partial charge in [-0.3, -0.25) is 9.35 Å². The van der Waals surface area contributed by atoms with Crippen LogP contribution in [0.25, 0.3) is 0 Å². The average Bonchev–Trinajstić information content (AvgIpc) is 2.54. The molecule has 0 aromatic heterocycles. The van der Waals surface area contributed by atoms with Crippen molar-refractivity contribution in [3.05, 3.63) is 28.3 Å². The van der Waals surface area contributed by atoms with Crippen LogP contribution < -0.4 is 0 Å². The fourth-order valence-corrected chi connectivity index (χ4v) is 2.91. The number of benzene rings is 1. The maximum absolute atomic E-state index is 12.2. The van der Waals surface area contributed by atoms with Crippen molar-refractivity contribution in [1.29, 1.82) is 0 Å². The van der Waals surface area contributed by atoms with Crippen LogP contribution in [0.3, 0.4) is 0 Å². The number of hydrogen-bond donors (Lipinski definition) is 2. The lowest BCUT2D eigenvalue weighted by Crippen LogP contribution is -2.23. The summed E-state index contributed by atoms with van der Waals surface area (Å²) in [4.78, 5) is 12.2. The molecule has 0 saturated heterocycles. The Kier molecular flexibility index (Phi) is 8.02. The molecule has 1 unspecified atom stereocenters. The van der Waals surface area contributed by atoms with E-state index in [9.17, 15) is 18.3 Å². The third kappa shape index (κ3) is 6.08. The van der Waals surface area contributed by atoms with E-state index in [1.54, 1.807) is 19.9 Å². The first kappa shape index (κ1) is 21.6. The zero-order chi connectivity index (χ0) is 19.2. The number of hydrogen-bond acceptors (Lipinski definition) is 5. The summed E-state index contributed by atoms with van der Waals surface area (Å²) >= 11 is 0. The second-order valence-electron chi connectivity index (χ2n) is 5.82. The lowest BCUT2D eigenvalue weighted by molar-refractivity contribution is -0.148. The largest absolute Gasteiger partial charge is 0.507 e. The molecule has 134 valence electrons. The maximum atomic E-state index is 12.2. The van der Waals surface area contributed by atoms with E-state index >= 15 is 0 Å². The van der Waals surface area contributed by atoms with Gasteiger partial charge in [0.25, 0.3) is 10.1 Å². The lowest BCUT2D eigenvalue weighted by Gasteiger charge is -2.20. The van der Waals surface area contributed by atoms with Crippen LogP contribution in [0.1, 0.15) is 35.6 Å². The minimum absolute atomic E-state index is 0.0873. The molecule has 1 atom stereocenters. The zero-order valence-electron chi connectivity index (χ0n) is 14.5. The van der Waals surface area contributed by atoms with Gasteiger partial charge in [0.05, 0.1) is 21.6 Å².